The van der Waals surface area contributed by atoms with Gasteiger partial charge in [-0.05, 0) is 31.4 Å². The van der Waals surface area contributed by atoms with Crippen LogP contribution in [0, 0.1) is 5.92 Å². The van der Waals surface area contributed by atoms with E-state index in [9.17, 15) is 4.79 Å². The number of halogens is 1. The summed E-state index contributed by atoms with van der Waals surface area (Å²) in [6.07, 6.45) is 5.23. The molecule has 1 aromatic carbocycles. The van der Waals surface area contributed by atoms with Crippen molar-refractivity contribution in [3.8, 4) is 0 Å². The average molecular weight is 295 g/mol. The Morgan fingerprint density at radius 2 is 2.00 bits per heavy atom. The van der Waals surface area contributed by atoms with Crippen molar-refractivity contribution in [2.45, 2.75) is 51.1 Å². The van der Waals surface area contributed by atoms with Crippen molar-refractivity contribution < 1.29 is 4.79 Å². The Morgan fingerprint density at radius 1 is 1.30 bits per heavy atom. The highest BCUT2D eigenvalue weighted by Gasteiger charge is 2.28. The van der Waals surface area contributed by atoms with E-state index in [2.05, 4.69) is 5.32 Å². The number of hydrogen-bond acceptors (Lipinski definition) is 2. The first-order valence-corrected chi connectivity index (χ1v) is 7.77. The SMILES string of the molecule is C[C@@H](NC(=O)C1CCCCCC1N)c1ccccc1Cl. The van der Waals surface area contributed by atoms with Gasteiger partial charge in [-0.3, -0.25) is 4.79 Å². The summed E-state index contributed by atoms with van der Waals surface area (Å²) in [6.45, 7) is 1.96. The molecule has 2 rings (SSSR count). The normalized spacial score (nSPS) is 24.8. The fourth-order valence-electron chi connectivity index (χ4n) is 2.89. The molecule has 1 amide bonds. The maximum atomic E-state index is 12.4. The van der Waals surface area contributed by atoms with Crippen molar-refractivity contribution in [1.82, 2.24) is 5.32 Å². The molecule has 0 heterocycles. The molecule has 0 bridgehead atoms. The topological polar surface area (TPSA) is 55.1 Å². The number of nitrogens with one attached hydrogen (secondary N) is 1. The quantitative estimate of drug-likeness (QED) is 0.839. The van der Waals surface area contributed by atoms with Crippen molar-refractivity contribution >= 4 is 17.5 Å². The molecule has 110 valence electrons. The van der Waals surface area contributed by atoms with Gasteiger partial charge >= 0.3 is 0 Å². The van der Waals surface area contributed by atoms with E-state index in [4.69, 9.17) is 17.3 Å². The van der Waals surface area contributed by atoms with E-state index in [1.54, 1.807) is 0 Å². The average Bonchev–Trinajstić information content (AvgIpc) is 2.63. The van der Waals surface area contributed by atoms with Crippen molar-refractivity contribution in [3.05, 3.63) is 34.9 Å². The molecule has 2 unspecified atom stereocenters. The zero-order valence-electron chi connectivity index (χ0n) is 11.9. The highest BCUT2D eigenvalue weighted by atomic mass is 35.5. The lowest BCUT2D eigenvalue weighted by Gasteiger charge is -2.23. The van der Waals surface area contributed by atoms with Gasteiger partial charge in [0.25, 0.3) is 0 Å². The summed E-state index contributed by atoms with van der Waals surface area (Å²) >= 11 is 6.17. The van der Waals surface area contributed by atoms with Crippen LogP contribution in [0.4, 0.5) is 0 Å². The molecule has 20 heavy (non-hydrogen) atoms. The minimum atomic E-state index is -0.0911. The van der Waals surface area contributed by atoms with Crippen molar-refractivity contribution in [3.63, 3.8) is 0 Å². The van der Waals surface area contributed by atoms with Gasteiger partial charge in [-0.1, -0.05) is 49.1 Å². The zero-order valence-corrected chi connectivity index (χ0v) is 12.7. The second-order valence-corrected chi connectivity index (χ2v) is 6.07. The monoisotopic (exact) mass is 294 g/mol. The molecule has 1 fully saturated rings. The predicted molar refractivity (Wildman–Crippen MR) is 82.6 cm³/mol. The highest BCUT2D eigenvalue weighted by Crippen LogP contribution is 2.25. The lowest BCUT2D eigenvalue weighted by Crippen LogP contribution is -2.42. The maximum Gasteiger partial charge on any atom is 0.225 e. The highest BCUT2D eigenvalue weighted by molar-refractivity contribution is 6.31. The van der Waals surface area contributed by atoms with Crippen LogP contribution in [0.1, 0.15) is 50.6 Å². The summed E-state index contributed by atoms with van der Waals surface area (Å²) in [6, 6.07) is 7.50. The molecule has 1 saturated carbocycles. The summed E-state index contributed by atoms with van der Waals surface area (Å²) in [7, 11) is 0. The lowest BCUT2D eigenvalue weighted by molar-refractivity contribution is -0.126. The molecule has 3 nitrogen and oxygen atoms in total. The van der Waals surface area contributed by atoms with Crippen LogP contribution in [0.2, 0.25) is 5.02 Å². The maximum absolute atomic E-state index is 12.4. The second kappa shape index (κ2) is 7.09. The van der Waals surface area contributed by atoms with Gasteiger partial charge in [0.15, 0.2) is 0 Å². The summed E-state index contributed by atoms with van der Waals surface area (Å²) in [5.74, 6) is -0.00532. The van der Waals surface area contributed by atoms with Crippen LogP contribution in [0.25, 0.3) is 0 Å². The van der Waals surface area contributed by atoms with Gasteiger partial charge in [-0.15, -0.1) is 0 Å². The van der Waals surface area contributed by atoms with Crippen LogP contribution >= 0.6 is 11.6 Å². The Bertz CT molecular complexity index is 464. The van der Waals surface area contributed by atoms with Gasteiger partial charge in [0.2, 0.25) is 5.91 Å². The number of amides is 1. The third kappa shape index (κ3) is 3.74. The van der Waals surface area contributed by atoms with E-state index in [1.807, 2.05) is 31.2 Å². The standard InChI is InChI=1S/C16H23ClN2O/c1-11(12-7-5-6-9-14(12)17)19-16(20)13-8-3-2-4-10-15(13)18/h5-7,9,11,13,15H,2-4,8,10,18H2,1H3,(H,19,20)/t11-,13?,15?/m1/s1. The first kappa shape index (κ1) is 15.3. The molecular weight excluding hydrogens is 272 g/mol. The van der Waals surface area contributed by atoms with Gasteiger partial charge in [-0.25, -0.2) is 0 Å². The first-order chi connectivity index (χ1) is 9.59. The Kier molecular flexibility index (Phi) is 5.44. The Hall–Kier alpha value is -1.06. The molecule has 1 aromatic rings. The van der Waals surface area contributed by atoms with E-state index in [0.717, 1.165) is 31.2 Å². The molecule has 0 aliphatic heterocycles. The molecule has 1 aliphatic rings. The summed E-state index contributed by atoms with van der Waals surface area (Å²) in [5.41, 5.74) is 7.09. The largest absolute Gasteiger partial charge is 0.349 e. The predicted octanol–water partition coefficient (Wildman–Crippen LogP) is 3.42. The van der Waals surface area contributed by atoms with Crippen LogP contribution < -0.4 is 11.1 Å². The van der Waals surface area contributed by atoms with E-state index in [-0.39, 0.29) is 23.9 Å². The number of carbonyl (C=O) groups excluding carboxylic acids is 1. The third-order valence-corrected chi connectivity index (χ3v) is 4.48. The number of hydrogen-bond donors (Lipinski definition) is 2. The molecule has 0 aromatic heterocycles. The van der Waals surface area contributed by atoms with E-state index < -0.39 is 0 Å². The molecular formula is C16H23ClN2O. The van der Waals surface area contributed by atoms with Crippen molar-refractivity contribution in [1.29, 1.82) is 0 Å². The number of rotatable bonds is 3. The number of carbonyl (C=O) groups is 1. The van der Waals surface area contributed by atoms with Crippen LogP contribution in [0.3, 0.4) is 0 Å². The lowest BCUT2D eigenvalue weighted by atomic mass is 9.94. The molecule has 3 atom stereocenters. The smallest absolute Gasteiger partial charge is 0.225 e. The van der Waals surface area contributed by atoms with Crippen LogP contribution in [0.15, 0.2) is 24.3 Å². The second-order valence-electron chi connectivity index (χ2n) is 5.66. The first-order valence-electron chi connectivity index (χ1n) is 7.40. The molecule has 4 heteroatoms. The van der Waals surface area contributed by atoms with Crippen LogP contribution in [-0.2, 0) is 4.79 Å². The molecule has 3 N–H and O–H groups in total. The van der Waals surface area contributed by atoms with Crippen molar-refractivity contribution in [2.75, 3.05) is 0 Å². The van der Waals surface area contributed by atoms with Crippen LogP contribution in [-0.4, -0.2) is 11.9 Å². The minimum absolute atomic E-state index is 0.0176. The van der Waals surface area contributed by atoms with E-state index >= 15 is 0 Å². The Labute approximate surface area is 125 Å². The fraction of sp³-hybridized carbons (Fsp3) is 0.562. The molecule has 0 saturated heterocycles. The molecule has 0 spiro atoms. The van der Waals surface area contributed by atoms with Gasteiger partial charge in [0, 0.05) is 11.1 Å². The van der Waals surface area contributed by atoms with Crippen molar-refractivity contribution in [2.24, 2.45) is 11.7 Å². The summed E-state index contributed by atoms with van der Waals surface area (Å²) in [4.78, 5) is 12.4. The number of nitrogens with two attached hydrogens (primary N) is 1. The Morgan fingerprint density at radius 3 is 2.75 bits per heavy atom. The number of benzene rings is 1. The molecule has 1 aliphatic carbocycles. The molecule has 0 radical (unpaired) electrons. The van der Waals surface area contributed by atoms with Gasteiger partial charge in [0.1, 0.15) is 0 Å². The van der Waals surface area contributed by atoms with Gasteiger partial charge in [-0.2, -0.15) is 0 Å². The van der Waals surface area contributed by atoms with Gasteiger partial charge in [0.05, 0.1) is 12.0 Å². The summed E-state index contributed by atoms with van der Waals surface area (Å²) < 4.78 is 0. The van der Waals surface area contributed by atoms with Gasteiger partial charge < -0.3 is 11.1 Å². The Balaban J connectivity index is 2.01. The van der Waals surface area contributed by atoms with Crippen LogP contribution in [0.5, 0.6) is 0 Å². The summed E-state index contributed by atoms with van der Waals surface area (Å²) in [5, 5.41) is 3.75. The third-order valence-electron chi connectivity index (χ3n) is 4.14. The fourth-order valence-corrected chi connectivity index (χ4v) is 3.19. The van der Waals surface area contributed by atoms with E-state index in [0.29, 0.717) is 5.02 Å². The minimum Gasteiger partial charge on any atom is -0.349 e. The van der Waals surface area contributed by atoms with E-state index in [1.165, 1.54) is 6.42 Å². The zero-order chi connectivity index (χ0) is 14.5.